The quantitative estimate of drug-likeness (QED) is 0.474. The fraction of sp³-hybridized carbons (Fsp3) is 0.455. The minimum absolute atomic E-state index is 0.0621. The summed E-state index contributed by atoms with van der Waals surface area (Å²) in [6.07, 6.45) is 0. The average molecular weight is 288 g/mol. The Morgan fingerprint density at radius 3 is 2.81 bits per heavy atom. The van der Waals surface area contributed by atoms with Gasteiger partial charge in [-0.25, -0.2) is 0 Å². The lowest BCUT2D eigenvalue weighted by Crippen LogP contribution is -2.10. The molecule has 1 unspecified atom stereocenters. The molecule has 1 aromatic rings. The zero-order valence-corrected chi connectivity index (χ0v) is 10.9. The molecule has 1 aromatic carbocycles. The normalized spacial score (nSPS) is 12.2. The van der Waals surface area contributed by atoms with Crippen molar-refractivity contribution in [2.24, 2.45) is 5.92 Å². The van der Waals surface area contributed by atoms with Gasteiger partial charge in [0.15, 0.2) is 0 Å². The fourth-order valence-corrected chi connectivity index (χ4v) is 1.32. The Kier molecular flexibility index (Phi) is 4.73. The van der Waals surface area contributed by atoms with E-state index in [2.05, 4.69) is 15.9 Å². The van der Waals surface area contributed by atoms with Gasteiger partial charge in [0, 0.05) is 11.4 Å². The molecule has 0 radical (unpaired) electrons. The topological polar surface area (TPSA) is 52.4 Å². The zero-order valence-electron chi connectivity index (χ0n) is 9.27. The molecule has 88 valence electrons. The Hall–Kier alpha value is -1.10. The number of rotatable bonds is 5. The third kappa shape index (κ3) is 3.48. The number of hydrogen-bond donors (Lipinski definition) is 0. The Morgan fingerprint density at radius 1 is 1.56 bits per heavy atom. The number of halogens is 1. The van der Waals surface area contributed by atoms with Gasteiger partial charge in [-0.3, -0.25) is 10.1 Å². The van der Waals surface area contributed by atoms with Gasteiger partial charge < -0.3 is 4.74 Å². The van der Waals surface area contributed by atoms with Crippen molar-refractivity contribution in [3.8, 4) is 5.75 Å². The van der Waals surface area contributed by atoms with Crippen molar-refractivity contribution in [2.75, 3.05) is 11.9 Å². The van der Waals surface area contributed by atoms with Gasteiger partial charge >= 0.3 is 0 Å². The van der Waals surface area contributed by atoms with E-state index in [1.54, 1.807) is 6.07 Å². The van der Waals surface area contributed by atoms with Gasteiger partial charge in [0.1, 0.15) is 5.75 Å². The molecule has 0 fully saturated rings. The highest BCUT2D eigenvalue weighted by atomic mass is 79.9. The second kappa shape index (κ2) is 5.84. The molecule has 1 rings (SSSR count). The maximum absolute atomic E-state index is 10.6. The number of nitro benzene ring substituents is 1. The lowest BCUT2D eigenvalue weighted by molar-refractivity contribution is -0.385. The summed E-state index contributed by atoms with van der Waals surface area (Å²) in [5.74, 6) is 0.959. The monoisotopic (exact) mass is 287 g/mol. The van der Waals surface area contributed by atoms with E-state index in [4.69, 9.17) is 4.74 Å². The summed E-state index contributed by atoms with van der Waals surface area (Å²) in [7, 11) is 0. The minimum Gasteiger partial charge on any atom is -0.493 e. The second-order valence-corrected chi connectivity index (χ2v) is 4.42. The maximum Gasteiger partial charge on any atom is 0.273 e. The van der Waals surface area contributed by atoms with Crippen LogP contribution in [-0.2, 0) is 0 Å². The first-order valence-electron chi connectivity index (χ1n) is 4.98. The fourth-order valence-electron chi connectivity index (χ4n) is 1.13. The Balaban J connectivity index is 2.78. The molecule has 0 saturated heterocycles. The number of aryl methyl sites for hydroxylation is 1. The van der Waals surface area contributed by atoms with Crippen molar-refractivity contribution < 1.29 is 9.66 Å². The van der Waals surface area contributed by atoms with Crippen LogP contribution in [0.2, 0.25) is 0 Å². The predicted octanol–water partition coefficient (Wildman–Crippen LogP) is 3.31. The zero-order chi connectivity index (χ0) is 12.1. The molecule has 0 heterocycles. The first-order valence-corrected chi connectivity index (χ1v) is 6.10. The van der Waals surface area contributed by atoms with Gasteiger partial charge in [0.25, 0.3) is 5.69 Å². The van der Waals surface area contributed by atoms with Crippen molar-refractivity contribution in [2.45, 2.75) is 13.8 Å². The smallest absolute Gasteiger partial charge is 0.273 e. The third-order valence-corrected chi connectivity index (χ3v) is 3.27. The summed E-state index contributed by atoms with van der Waals surface area (Å²) in [6.45, 7) is 4.46. The van der Waals surface area contributed by atoms with Crippen LogP contribution in [0.4, 0.5) is 5.69 Å². The van der Waals surface area contributed by atoms with Crippen LogP contribution in [-0.4, -0.2) is 16.9 Å². The van der Waals surface area contributed by atoms with Crippen molar-refractivity contribution in [3.63, 3.8) is 0 Å². The molecule has 0 N–H and O–H groups in total. The Morgan fingerprint density at radius 2 is 2.25 bits per heavy atom. The van der Waals surface area contributed by atoms with Gasteiger partial charge in [-0.2, -0.15) is 0 Å². The number of non-ortho nitro benzene ring substituents is 1. The molecule has 0 aliphatic carbocycles. The summed E-state index contributed by atoms with van der Waals surface area (Å²) in [5, 5.41) is 11.4. The molecule has 0 aliphatic rings. The van der Waals surface area contributed by atoms with Gasteiger partial charge in [-0.1, -0.05) is 22.9 Å². The summed E-state index contributed by atoms with van der Waals surface area (Å²) < 4.78 is 5.55. The number of benzene rings is 1. The van der Waals surface area contributed by atoms with Crippen molar-refractivity contribution in [1.29, 1.82) is 0 Å². The van der Waals surface area contributed by atoms with Crippen LogP contribution in [0.25, 0.3) is 0 Å². The number of hydrogen-bond acceptors (Lipinski definition) is 3. The van der Waals surface area contributed by atoms with Crippen LogP contribution >= 0.6 is 15.9 Å². The van der Waals surface area contributed by atoms with E-state index in [1.165, 1.54) is 12.1 Å². The van der Waals surface area contributed by atoms with Gasteiger partial charge in [-0.05, 0) is 24.5 Å². The number of alkyl halides is 1. The highest BCUT2D eigenvalue weighted by Gasteiger charge is 2.10. The van der Waals surface area contributed by atoms with Crippen LogP contribution in [0, 0.1) is 23.0 Å². The molecule has 1 atom stereocenters. The lowest BCUT2D eigenvalue weighted by atomic mass is 10.2. The number of nitro groups is 1. The molecule has 0 spiro atoms. The van der Waals surface area contributed by atoms with Crippen LogP contribution in [0.5, 0.6) is 5.75 Å². The molecule has 16 heavy (non-hydrogen) atoms. The molecular weight excluding hydrogens is 274 g/mol. The van der Waals surface area contributed by atoms with Crippen LogP contribution in [0.15, 0.2) is 18.2 Å². The van der Waals surface area contributed by atoms with E-state index in [0.29, 0.717) is 18.3 Å². The van der Waals surface area contributed by atoms with E-state index in [-0.39, 0.29) is 5.69 Å². The summed E-state index contributed by atoms with van der Waals surface area (Å²) >= 11 is 3.36. The molecule has 0 bridgehead atoms. The average Bonchev–Trinajstić information content (AvgIpc) is 2.27. The number of ether oxygens (including phenoxy) is 1. The first kappa shape index (κ1) is 13.0. The molecule has 0 amide bonds. The molecule has 0 saturated carbocycles. The van der Waals surface area contributed by atoms with Crippen molar-refractivity contribution >= 4 is 21.6 Å². The van der Waals surface area contributed by atoms with Crippen molar-refractivity contribution in [1.82, 2.24) is 0 Å². The molecule has 5 heteroatoms. The third-order valence-electron chi connectivity index (χ3n) is 2.17. The van der Waals surface area contributed by atoms with E-state index >= 15 is 0 Å². The van der Waals surface area contributed by atoms with E-state index in [9.17, 15) is 10.1 Å². The van der Waals surface area contributed by atoms with Gasteiger partial charge in [0.2, 0.25) is 0 Å². The SMILES string of the molecule is Cc1ccc([N+](=O)[O-])cc1OCC(C)CBr. The van der Waals surface area contributed by atoms with E-state index in [1.807, 2.05) is 13.8 Å². The first-order chi connectivity index (χ1) is 7.54. The van der Waals surface area contributed by atoms with E-state index < -0.39 is 4.92 Å². The van der Waals surface area contributed by atoms with Gasteiger partial charge in [-0.15, -0.1) is 0 Å². The van der Waals surface area contributed by atoms with E-state index in [0.717, 1.165) is 10.9 Å². The van der Waals surface area contributed by atoms with Crippen molar-refractivity contribution in [3.05, 3.63) is 33.9 Å². The minimum atomic E-state index is -0.416. The van der Waals surface area contributed by atoms with Crippen LogP contribution in [0.3, 0.4) is 0 Å². The standard InChI is InChI=1S/C11H14BrNO3/c1-8(6-12)7-16-11-5-10(13(14)15)4-3-9(11)2/h3-5,8H,6-7H2,1-2H3. The molecule has 4 nitrogen and oxygen atoms in total. The molecule has 0 aromatic heterocycles. The highest BCUT2D eigenvalue weighted by Crippen LogP contribution is 2.24. The number of nitrogens with zero attached hydrogens (tertiary/aromatic N) is 1. The summed E-state index contributed by atoms with van der Waals surface area (Å²) in [5.41, 5.74) is 0.972. The second-order valence-electron chi connectivity index (χ2n) is 3.78. The highest BCUT2D eigenvalue weighted by molar-refractivity contribution is 9.09. The molecular formula is C11H14BrNO3. The predicted molar refractivity (Wildman–Crippen MR) is 66.3 cm³/mol. The van der Waals surface area contributed by atoms with Gasteiger partial charge in [0.05, 0.1) is 17.6 Å². The Bertz CT molecular complexity index is 381. The maximum atomic E-state index is 10.6. The summed E-state index contributed by atoms with van der Waals surface area (Å²) in [6, 6.07) is 4.65. The lowest BCUT2D eigenvalue weighted by Gasteiger charge is -2.12. The molecule has 0 aliphatic heterocycles. The van der Waals surface area contributed by atoms with Crippen LogP contribution in [0.1, 0.15) is 12.5 Å². The summed E-state index contributed by atoms with van der Waals surface area (Å²) in [4.78, 5) is 10.2. The largest absolute Gasteiger partial charge is 0.493 e. The van der Waals surface area contributed by atoms with Crippen LogP contribution < -0.4 is 4.74 Å². The Labute approximate surface area is 103 Å².